The number of nitrogens with one attached hydrogen (secondary N) is 2. The summed E-state index contributed by atoms with van der Waals surface area (Å²) in [7, 11) is 3.55. The Kier molecular flexibility index (Phi) is 7.14. The van der Waals surface area contributed by atoms with Gasteiger partial charge in [-0.1, -0.05) is 48.5 Å². The van der Waals surface area contributed by atoms with Crippen molar-refractivity contribution in [3.63, 3.8) is 0 Å². The van der Waals surface area contributed by atoms with Gasteiger partial charge < -0.3 is 30.1 Å². The first-order valence-corrected chi connectivity index (χ1v) is 11.3. The van der Waals surface area contributed by atoms with Crippen molar-refractivity contribution in [2.45, 2.75) is 30.5 Å². The minimum atomic E-state index is -1.13. The highest BCUT2D eigenvalue weighted by molar-refractivity contribution is 5.87. The van der Waals surface area contributed by atoms with Gasteiger partial charge in [0.25, 0.3) is 0 Å². The molecule has 1 aliphatic carbocycles. The van der Waals surface area contributed by atoms with E-state index >= 15 is 0 Å². The van der Waals surface area contributed by atoms with E-state index in [0.29, 0.717) is 6.42 Å². The number of carbonyl (C=O) groups excluding carboxylic acids is 2. The number of ether oxygens (including phenoxy) is 2. The number of amides is 2. The largest absolute Gasteiger partial charge is 0.479 e. The van der Waals surface area contributed by atoms with Crippen LogP contribution in [-0.4, -0.2) is 80.0 Å². The van der Waals surface area contributed by atoms with Crippen LogP contribution in [0, 0.1) is 0 Å². The Morgan fingerprint density at radius 2 is 1.71 bits per heavy atom. The van der Waals surface area contributed by atoms with Gasteiger partial charge in [0, 0.05) is 19.1 Å². The lowest BCUT2D eigenvalue weighted by Gasteiger charge is -2.24. The Morgan fingerprint density at radius 1 is 1.09 bits per heavy atom. The number of fused-ring (bicyclic) bond motifs is 3. The second-order valence-electron chi connectivity index (χ2n) is 8.82. The van der Waals surface area contributed by atoms with Crippen molar-refractivity contribution < 1.29 is 29.0 Å². The molecule has 9 nitrogen and oxygen atoms in total. The molecule has 2 aliphatic rings. The summed E-state index contributed by atoms with van der Waals surface area (Å²) >= 11 is 0. The number of aliphatic carboxylic acids is 1. The molecule has 1 unspecified atom stereocenters. The molecule has 1 saturated heterocycles. The standard InChI is InChI=1S/C25H29N3O6/c1-28(2)13-21(23(29)26-20-11-12-33-22(20)24(30)31)27-25(32)34-14-19-17-9-5-3-7-15(17)16-8-4-6-10-18(16)19/h3-10,19-22H,11-14H2,1-2H3,(H,26,29)(H,27,32)(H,30,31)/t20-,21?,22+/m0/s1. The van der Waals surface area contributed by atoms with Gasteiger partial charge in [0.1, 0.15) is 12.6 Å². The maximum absolute atomic E-state index is 12.9. The van der Waals surface area contributed by atoms with Gasteiger partial charge in [-0.2, -0.15) is 0 Å². The number of nitrogens with zero attached hydrogens (tertiary/aromatic N) is 1. The van der Waals surface area contributed by atoms with E-state index in [2.05, 4.69) is 22.8 Å². The predicted octanol–water partition coefficient (Wildman–Crippen LogP) is 1.81. The van der Waals surface area contributed by atoms with Crippen molar-refractivity contribution in [1.29, 1.82) is 0 Å². The van der Waals surface area contributed by atoms with Crippen molar-refractivity contribution in [2.24, 2.45) is 0 Å². The van der Waals surface area contributed by atoms with Gasteiger partial charge in [-0.3, -0.25) is 4.79 Å². The van der Waals surface area contributed by atoms with Crippen molar-refractivity contribution in [2.75, 3.05) is 33.9 Å². The van der Waals surface area contributed by atoms with Crippen LogP contribution in [0.4, 0.5) is 4.79 Å². The molecule has 2 aromatic rings. The average molecular weight is 468 g/mol. The van der Waals surface area contributed by atoms with Crippen LogP contribution < -0.4 is 10.6 Å². The molecule has 0 spiro atoms. The van der Waals surface area contributed by atoms with Gasteiger partial charge in [-0.15, -0.1) is 0 Å². The van der Waals surface area contributed by atoms with Crippen LogP contribution in [0.15, 0.2) is 48.5 Å². The summed E-state index contributed by atoms with van der Waals surface area (Å²) in [6.07, 6.45) is -1.41. The first-order valence-electron chi connectivity index (χ1n) is 11.3. The van der Waals surface area contributed by atoms with E-state index < -0.39 is 36.2 Å². The zero-order valence-electron chi connectivity index (χ0n) is 19.2. The molecule has 0 saturated carbocycles. The Morgan fingerprint density at radius 3 is 2.29 bits per heavy atom. The summed E-state index contributed by atoms with van der Waals surface area (Å²) in [4.78, 5) is 38.6. The maximum Gasteiger partial charge on any atom is 0.407 e. The Labute approximate surface area is 198 Å². The fraction of sp³-hybridized carbons (Fsp3) is 0.400. The summed E-state index contributed by atoms with van der Waals surface area (Å²) in [5, 5.41) is 14.6. The summed E-state index contributed by atoms with van der Waals surface area (Å²) in [6.45, 7) is 0.606. The number of hydrogen-bond acceptors (Lipinski definition) is 6. The quantitative estimate of drug-likeness (QED) is 0.542. The van der Waals surface area contributed by atoms with Crippen molar-refractivity contribution in [3.8, 4) is 11.1 Å². The number of carboxylic acids is 1. The number of alkyl carbamates (subject to hydrolysis) is 1. The third-order valence-corrected chi connectivity index (χ3v) is 6.16. The number of rotatable bonds is 8. The number of hydrogen-bond donors (Lipinski definition) is 3. The SMILES string of the molecule is CN(C)CC(NC(=O)OCC1c2ccccc2-c2ccccc21)C(=O)N[C@H]1CCO[C@H]1C(=O)O. The minimum Gasteiger partial charge on any atom is -0.479 e. The lowest BCUT2D eigenvalue weighted by molar-refractivity contribution is -0.148. The van der Waals surface area contributed by atoms with E-state index in [1.54, 1.807) is 19.0 Å². The number of likely N-dealkylation sites (N-methyl/N-ethyl adjacent to an activating group) is 1. The van der Waals surface area contributed by atoms with Gasteiger partial charge in [0.05, 0.1) is 6.04 Å². The minimum absolute atomic E-state index is 0.0914. The third-order valence-electron chi connectivity index (χ3n) is 6.16. The smallest absolute Gasteiger partial charge is 0.407 e. The second-order valence-corrected chi connectivity index (χ2v) is 8.82. The highest BCUT2D eigenvalue weighted by Crippen LogP contribution is 2.44. The van der Waals surface area contributed by atoms with Crippen molar-refractivity contribution in [1.82, 2.24) is 15.5 Å². The van der Waals surface area contributed by atoms with E-state index in [1.807, 2.05) is 36.4 Å². The molecule has 1 heterocycles. The molecule has 4 rings (SSSR count). The first kappa shape index (κ1) is 23.7. The highest BCUT2D eigenvalue weighted by atomic mass is 16.5. The van der Waals surface area contributed by atoms with Crippen molar-refractivity contribution in [3.05, 3.63) is 59.7 Å². The number of carboxylic acid groups (broad SMARTS) is 1. The molecule has 0 bridgehead atoms. The molecule has 3 N–H and O–H groups in total. The lowest BCUT2D eigenvalue weighted by atomic mass is 9.98. The second kappa shape index (κ2) is 10.2. The molecular formula is C25H29N3O6. The normalized spacial score (nSPS) is 19.9. The molecule has 1 aliphatic heterocycles. The van der Waals surface area contributed by atoms with Crippen LogP contribution in [-0.2, 0) is 19.1 Å². The molecule has 1 fully saturated rings. The van der Waals surface area contributed by atoms with Crippen LogP contribution in [0.25, 0.3) is 11.1 Å². The Bertz CT molecular complexity index is 1030. The van der Waals surface area contributed by atoms with Crippen LogP contribution in [0.1, 0.15) is 23.5 Å². The van der Waals surface area contributed by atoms with Crippen LogP contribution in [0.2, 0.25) is 0 Å². The summed E-state index contributed by atoms with van der Waals surface area (Å²) in [5.74, 6) is -1.70. The molecule has 34 heavy (non-hydrogen) atoms. The molecule has 0 aromatic heterocycles. The van der Waals surface area contributed by atoms with Gasteiger partial charge in [0.15, 0.2) is 6.10 Å². The number of benzene rings is 2. The molecule has 3 atom stereocenters. The fourth-order valence-corrected chi connectivity index (χ4v) is 4.61. The summed E-state index contributed by atoms with van der Waals surface area (Å²) in [6, 6.07) is 14.5. The van der Waals surface area contributed by atoms with Gasteiger partial charge in [-0.05, 0) is 42.8 Å². The van der Waals surface area contributed by atoms with E-state index in [1.165, 1.54) is 0 Å². The maximum atomic E-state index is 12.9. The van der Waals surface area contributed by atoms with E-state index in [4.69, 9.17) is 9.47 Å². The van der Waals surface area contributed by atoms with Crippen LogP contribution >= 0.6 is 0 Å². The topological polar surface area (TPSA) is 117 Å². The molecule has 9 heteroatoms. The van der Waals surface area contributed by atoms with Crippen molar-refractivity contribution >= 4 is 18.0 Å². The molecule has 180 valence electrons. The molecule has 0 radical (unpaired) electrons. The molecule has 2 amide bonds. The summed E-state index contributed by atoms with van der Waals surface area (Å²) < 4.78 is 10.7. The molecule has 2 aromatic carbocycles. The highest BCUT2D eigenvalue weighted by Gasteiger charge is 2.37. The molecular weight excluding hydrogens is 438 g/mol. The Hall–Kier alpha value is -3.43. The van der Waals surface area contributed by atoms with E-state index in [9.17, 15) is 19.5 Å². The van der Waals surface area contributed by atoms with Gasteiger partial charge in [0.2, 0.25) is 5.91 Å². The van der Waals surface area contributed by atoms with Gasteiger partial charge in [-0.25, -0.2) is 9.59 Å². The lowest BCUT2D eigenvalue weighted by Crippen LogP contribution is -2.55. The zero-order valence-corrected chi connectivity index (χ0v) is 19.2. The average Bonchev–Trinajstić information content (AvgIpc) is 3.39. The Balaban J connectivity index is 1.40. The fourth-order valence-electron chi connectivity index (χ4n) is 4.61. The first-order chi connectivity index (χ1) is 16.3. The van der Waals surface area contributed by atoms with E-state index in [0.717, 1.165) is 22.3 Å². The zero-order chi connectivity index (χ0) is 24.2. The monoisotopic (exact) mass is 467 g/mol. The van der Waals surface area contributed by atoms with E-state index in [-0.39, 0.29) is 25.7 Å². The summed E-state index contributed by atoms with van der Waals surface area (Å²) in [5.41, 5.74) is 4.45. The number of carbonyl (C=O) groups is 3. The third kappa shape index (κ3) is 5.05. The predicted molar refractivity (Wildman–Crippen MR) is 124 cm³/mol. The van der Waals surface area contributed by atoms with Crippen LogP contribution in [0.3, 0.4) is 0 Å². The van der Waals surface area contributed by atoms with Gasteiger partial charge >= 0.3 is 12.1 Å². The van der Waals surface area contributed by atoms with Crippen LogP contribution in [0.5, 0.6) is 0 Å².